The van der Waals surface area contributed by atoms with Gasteiger partial charge in [0, 0.05) is 25.9 Å². The van der Waals surface area contributed by atoms with Crippen molar-refractivity contribution in [2.45, 2.75) is 59.2 Å². The third-order valence-electron chi connectivity index (χ3n) is 5.86. The summed E-state index contributed by atoms with van der Waals surface area (Å²) in [4.78, 5) is 27.9. The van der Waals surface area contributed by atoms with Gasteiger partial charge in [0.1, 0.15) is 0 Å². The first kappa shape index (κ1) is 20.4. The molecule has 6 heteroatoms. The molecule has 6 nitrogen and oxygen atoms in total. The molecular formula is C22H30N2O4. The molecule has 0 unspecified atom stereocenters. The summed E-state index contributed by atoms with van der Waals surface area (Å²) in [6, 6.07) is 8.76. The molecule has 0 aliphatic carbocycles. The summed E-state index contributed by atoms with van der Waals surface area (Å²) in [6.07, 6.45) is 1.16. The molecule has 4 atom stereocenters. The van der Waals surface area contributed by atoms with Crippen LogP contribution < -0.4 is 0 Å². The number of ether oxygens (including phenoxy) is 1. The van der Waals surface area contributed by atoms with E-state index in [1.807, 2.05) is 35.2 Å². The van der Waals surface area contributed by atoms with Crippen molar-refractivity contribution in [1.29, 1.82) is 0 Å². The van der Waals surface area contributed by atoms with Gasteiger partial charge in [-0.3, -0.25) is 4.79 Å². The van der Waals surface area contributed by atoms with Gasteiger partial charge in [0.25, 0.3) is 6.04 Å². The Labute approximate surface area is 166 Å². The zero-order valence-corrected chi connectivity index (χ0v) is 17.1. The van der Waals surface area contributed by atoms with Crippen LogP contribution >= 0.6 is 0 Å². The second-order valence-electron chi connectivity index (χ2n) is 8.29. The summed E-state index contributed by atoms with van der Waals surface area (Å²) in [7, 11) is 0. The lowest BCUT2D eigenvalue weighted by atomic mass is 9.76. The molecule has 1 fully saturated rings. The number of nitrogens with zero attached hydrogens (tertiary/aromatic N) is 2. The molecule has 152 valence electrons. The molecule has 1 aromatic carbocycles. The minimum absolute atomic E-state index is 0.0428. The number of rotatable bonds is 6. The van der Waals surface area contributed by atoms with Crippen LogP contribution in [0.2, 0.25) is 0 Å². The SMILES string of the molecule is CCOC(=O)[C@H]1[C@@H]2[C@@H](CC(C)=[N+]1[O-])C(=O)N(Cc1ccccc1)[C@H]2CC(C)C. The molecule has 1 amide bonds. The van der Waals surface area contributed by atoms with Gasteiger partial charge in [0.15, 0.2) is 5.71 Å². The van der Waals surface area contributed by atoms with Crippen LogP contribution in [0.25, 0.3) is 0 Å². The Bertz CT molecular complexity index is 759. The van der Waals surface area contributed by atoms with Crippen LogP contribution in [0.4, 0.5) is 0 Å². The smallest absolute Gasteiger partial charge is 0.377 e. The second-order valence-corrected chi connectivity index (χ2v) is 8.29. The van der Waals surface area contributed by atoms with Crippen molar-refractivity contribution >= 4 is 17.6 Å². The summed E-state index contributed by atoms with van der Waals surface area (Å²) >= 11 is 0. The summed E-state index contributed by atoms with van der Waals surface area (Å²) in [5.41, 5.74) is 1.58. The third-order valence-corrected chi connectivity index (χ3v) is 5.86. The number of carbonyl (C=O) groups excluding carboxylic acids is 2. The van der Waals surface area contributed by atoms with E-state index in [0.29, 0.717) is 24.6 Å². The Balaban J connectivity index is 2.00. The maximum atomic E-state index is 13.4. The molecule has 0 aromatic heterocycles. The van der Waals surface area contributed by atoms with Crippen LogP contribution in [0.5, 0.6) is 0 Å². The van der Waals surface area contributed by atoms with Crippen molar-refractivity contribution in [2.24, 2.45) is 17.8 Å². The summed E-state index contributed by atoms with van der Waals surface area (Å²) in [6.45, 7) is 8.37. The maximum Gasteiger partial charge on any atom is 0.377 e. The van der Waals surface area contributed by atoms with Crippen LogP contribution in [0, 0.1) is 23.0 Å². The topological polar surface area (TPSA) is 72.7 Å². The first-order valence-electron chi connectivity index (χ1n) is 10.1. The predicted octanol–water partition coefficient (Wildman–Crippen LogP) is 2.98. The summed E-state index contributed by atoms with van der Waals surface area (Å²) in [5, 5.41) is 12.8. The van der Waals surface area contributed by atoms with E-state index < -0.39 is 12.0 Å². The average molecular weight is 386 g/mol. The third kappa shape index (κ3) is 3.77. The number of hydrogen-bond acceptors (Lipinski definition) is 4. The summed E-state index contributed by atoms with van der Waals surface area (Å²) < 4.78 is 6.02. The molecule has 0 spiro atoms. The van der Waals surface area contributed by atoms with Crippen molar-refractivity contribution in [3.8, 4) is 0 Å². The maximum absolute atomic E-state index is 13.4. The van der Waals surface area contributed by atoms with Gasteiger partial charge in [0.05, 0.1) is 18.4 Å². The number of amides is 1. The molecule has 0 saturated carbocycles. The number of benzene rings is 1. The Kier molecular flexibility index (Phi) is 6.06. The number of carbonyl (C=O) groups is 2. The molecule has 3 rings (SSSR count). The molecule has 28 heavy (non-hydrogen) atoms. The van der Waals surface area contributed by atoms with Crippen LogP contribution in [0.3, 0.4) is 0 Å². The number of likely N-dealkylation sites (tertiary alicyclic amines) is 1. The van der Waals surface area contributed by atoms with Crippen LogP contribution in [0.1, 0.15) is 46.1 Å². The van der Waals surface area contributed by atoms with Crippen molar-refractivity contribution < 1.29 is 19.1 Å². The second kappa shape index (κ2) is 8.33. The highest BCUT2D eigenvalue weighted by Crippen LogP contribution is 2.43. The van der Waals surface area contributed by atoms with E-state index in [-0.39, 0.29) is 30.4 Å². The number of esters is 1. The molecule has 0 radical (unpaired) electrons. The minimum Gasteiger partial charge on any atom is -0.623 e. The standard InChI is InChI=1S/C22H30N2O4/c1-5-28-22(26)20-19-17(12-15(4)24(20)27)21(25)23(18(19)11-14(2)3)13-16-9-7-6-8-10-16/h6-10,14,17-20H,5,11-13H2,1-4H3/t17-,18+,19-,20-/m1/s1. The Morgan fingerprint density at radius 2 is 2.00 bits per heavy atom. The number of hydroxylamine groups is 1. The van der Waals surface area contributed by atoms with Gasteiger partial charge < -0.3 is 14.8 Å². The Morgan fingerprint density at radius 1 is 1.32 bits per heavy atom. The fraction of sp³-hybridized carbons (Fsp3) is 0.591. The number of hydrogen-bond donors (Lipinski definition) is 0. The van der Waals surface area contributed by atoms with E-state index in [2.05, 4.69) is 13.8 Å². The van der Waals surface area contributed by atoms with Gasteiger partial charge in [-0.2, -0.15) is 4.74 Å². The quantitative estimate of drug-likeness (QED) is 0.428. The van der Waals surface area contributed by atoms with E-state index >= 15 is 0 Å². The van der Waals surface area contributed by atoms with Gasteiger partial charge in [-0.05, 0) is 24.8 Å². The number of fused-ring (bicyclic) bond motifs is 1. The van der Waals surface area contributed by atoms with E-state index in [4.69, 9.17) is 4.74 Å². The molecular weight excluding hydrogens is 356 g/mol. The lowest BCUT2D eigenvalue weighted by Crippen LogP contribution is -2.51. The van der Waals surface area contributed by atoms with Crippen LogP contribution in [-0.2, 0) is 20.9 Å². The van der Waals surface area contributed by atoms with E-state index in [1.165, 1.54) is 0 Å². The lowest BCUT2D eigenvalue weighted by molar-refractivity contribution is -0.509. The molecule has 1 aromatic rings. The Hall–Kier alpha value is -2.37. The fourth-order valence-electron chi connectivity index (χ4n) is 4.70. The van der Waals surface area contributed by atoms with Crippen molar-refractivity contribution in [3.63, 3.8) is 0 Å². The zero-order chi connectivity index (χ0) is 20.4. The van der Waals surface area contributed by atoms with E-state index in [1.54, 1.807) is 13.8 Å². The highest BCUT2D eigenvalue weighted by atomic mass is 16.5. The first-order valence-corrected chi connectivity index (χ1v) is 10.1. The average Bonchev–Trinajstić information content (AvgIpc) is 2.88. The van der Waals surface area contributed by atoms with Gasteiger partial charge in [-0.25, -0.2) is 4.79 Å². The van der Waals surface area contributed by atoms with E-state index in [9.17, 15) is 14.8 Å². The fourth-order valence-corrected chi connectivity index (χ4v) is 4.70. The largest absolute Gasteiger partial charge is 0.623 e. The summed E-state index contributed by atoms with van der Waals surface area (Å²) in [5.74, 6) is -0.827. The highest BCUT2D eigenvalue weighted by Gasteiger charge is 2.59. The molecule has 0 N–H and O–H groups in total. The van der Waals surface area contributed by atoms with Crippen LogP contribution in [0.15, 0.2) is 30.3 Å². The molecule has 1 saturated heterocycles. The van der Waals surface area contributed by atoms with E-state index in [0.717, 1.165) is 16.7 Å². The molecule has 0 bridgehead atoms. The minimum atomic E-state index is -0.952. The van der Waals surface area contributed by atoms with Crippen molar-refractivity contribution in [1.82, 2.24) is 4.90 Å². The van der Waals surface area contributed by atoms with Crippen molar-refractivity contribution in [3.05, 3.63) is 41.1 Å². The van der Waals surface area contributed by atoms with Gasteiger partial charge in [0.2, 0.25) is 5.91 Å². The van der Waals surface area contributed by atoms with Gasteiger partial charge in [-0.1, -0.05) is 44.2 Å². The lowest BCUT2D eigenvalue weighted by Gasteiger charge is -2.34. The Morgan fingerprint density at radius 3 is 2.61 bits per heavy atom. The predicted molar refractivity (Wildman–Crippen MR) is 107 cm³/mol. The molecule has 2 aliphatic rings. The monoisotopic (exact) mass is 386 g/mol. The first-order chi connectivity index (χ1) is 13.3. The highest BCUT2D eigenvalue weighted by molar-refractivity contribution is 5.91. The molecule has 2 heterocycles. The van der Waals surface area contributed by atoms with Crippen LogP contribution in [-0.4, -0.2) is 45.9 Å². The van der Waals surface area contributed by atoms with Gasteiger partial charge in [-0.15, -0.1) is 0 Å². The normalized spacial score (nSPS) is 27.3. The van der Waals surface area contributed by atoms with Crippen molar-refractivity contribution in [2.75, 3.05) is 6.61 Å². The molecule has 2 aliphatic heterocycles. The zero-order valence-electron chi connectivity index (χ0n) is 17.1. The van der Waals surface area contributed by atoms with Gasteiger partial charge >= 0.3 is 5.97 Å².